The van der Waals surface area contributed by atoms with Gasteiger partial charge in [-0.1, -0.05) is 11.6 Å². The predicted molar refractivity (Wildman–Crippen MR) is 80.9 cm³/mol. The van der Waals surface area contributed by atoms with Crippen LogP contribution >= 0.6 is 39.1 Å². The third kappa shape index (κ3) is 3.17. The number of nitro groups is 1. The third-order valence-corrected chi connectivity index (χ3v) is 3.49. The lowest BCUT2D eigenvalue weighted by Crippen LogP contribution is -2.04. The highest BCUT2D eigenvalue weighted by Crippen LogP contribution is 2.33. The molecule has 0 saturated heterocycles. The number of rotatable bonds is 3. The molecular formula is C11H7BrCl2N4O2. The van der Waals surface area contributed by atoms with Crippen LogP contribution in [0, 0.1) is 17.0 Å². The van der Waals surface area contributed by atoms with E-state index in [0.29, 0.717) is 15.2 Å². The minimum Gasteiger partial charge on any atom is -0.333 e. The van der Waals surface area contributed by atoms with Crippen molar-refractivity contribution in [3.8, 4) is 0 Å². The van der Waals surface area contributed by atoms with Gasteiger partial charge < -0.3 is 5.32 Å². The maximum absolute atomic E-state index is 11.1. The number of anilines is 2. The second-order valence-electron chi connectivity index (χ2n) is 3.78. The Morgan fingerprint density at radius 2 is 2.05 bits per heavy atom. The second-order valence-corrected chi connectivity index (χ2v) is 5.41. The van der Waals surface area contributed by atoms with E-state index in [9.17, 15) is 10.1 Å². The molecule has 104 valence electrons. The highest BCUT2D eigenvalue weighted by molar-refractivity contribution is 9.10. The predicted octanol–water partition coefficient (Wildman–Crippen LogP) is 4.51. The molecule has 0 aliphatic rings. The summed E-state index contributed by atoms with van der Waals surface area (Å²) in [6.07, 6.45) is 0. The summed E-state index contributed by atoms with van der Waals surface area (Å²) in [5.74, 6) is 0.00969. The van der Waals surface area contributed by atoms with Crippen LogP contribution < -0.4 is 5.32 Å². The van der Waals surface area contributed by atoms with Crippen LogP contribution in [0.15, 0.2) is 22.7 Å². The highest BCUT2D eigenvalue weighted by atomic mass is 79.9. The van der Waals surface area contributed by atoms with Crippen molar-refractivity contribution in [1.82, 2.24) is 9.97 Å². The number of aromatic nitrogens is 2. The van der Waals surface area contributed by atoms with Crippen LogP contribution in [-0.2, 0) is 0 Å². The number of hydrogen-bond donors (Lipinski definition) is 1. The van der Waals surface area contributed by atoms with Crippen LogP contribution in [0.3, 0.4) is 0 Å². The normalized spacial score (nSPS) is 10.4. The van der Waals surface area contributed by atoms with E-state index in [0.717, 1.165) is 0 Å². The van der Waals surface area contributed by atoms with Crippen molar-refractivity contribution >= 4 is 56.3 Å². The fourth-order valence-electron chi connectivity index (χ4n) is 1.56. The number of benzene rings is 1. The lowest BCUT2D eigenvalue weighted by molar-refractivity contribution is -0.385. The van der Waals surface area contributed by atoms with Crippen molar-refractivity contribution in [2.75, 3.05) is 5.32 Å². The van der Waals surface area contributed by atoms with Crippen molar-refractivity contribution in [2.45, 2.75) is 6.92 Å². The quantitative estimate of drug-likeness (QED) is 0.483. The van der Waals surface area contributed by atoms with Crippen molar-refractivity contribution in [2.24, 2.45) is 0 Å². The number of halogens is 3. The van der Waals surface area contributed by atoms with E-state index in [2.05, 4.69) is 31.2 Å². The average molecular weight is 378 g/mol. The minimum absolute atomic E-state index is 0.00969. The maximum atomic E-state index is 11.1. The molecule has 0 fully saturated rings. The molecule has 6 nitrogen and oxygen atoms in total. The molecule has 0 atom stereocenters. The van der Waals surface area contributed by atoms with E-state index in [1.807, 2.05) is 0 Å². The minimum atomic E-state index is -0.563. The number of nitrogens with one attached hydrogen (secondary N) is 1. The molecule has 0 unspecified atom stereocenters. The molecule has 0 spiro atoms. The molecule has 0 radical (unpaired) electrons. The van der Waals surface area contributed by atoms with Gasteiger partial charge in [0.2, 0.25) is 11.1 Å². The fourth-order valence-corrected chi connectivity index (χ4v) is 2.29. The van der Waals surface area contributed by atoms with Gasteiger partial charge in [-0.05, 0) is 52.7 Å². The molecule has 0 saturated carbocycles. The molecule has 0 aliphatic carbocycles. The Hall–Kier alpha value is -1.44. The smallest absolute Gasteiger partial charge is 0.332 e. The Bertz CT molecular complexity index is 696. The van der Waals surface area contributed by atoms with E-state index in [1.165, 1.54) is 6.92 Å². The summed E-state index contributed by atoms with van der Waals surface area (Å²) in [6, 6.07) is 5.01. The van der Waals surface area contributed by atoms with Crippen molar-refractivity contribution < 1.29 is 4.92 Å². The number of aryl methyl sites for hydroxylation is 1. The summed E-state index contributed by atoms with van der Waals surface area (Å²) >= 11 is 15.0. The Morgan fingerprint density at radius 3 is 2.70 bits per heavy atom. The molecule has 1 N–H and O–H groups in total. The van der Waals surface area contributed by atoms with Crippen molar-refractivity contribution in [3.05, 3.63) is 48.8 Å². The summed E-state index contributed by atoms with van der Waals surface area (Å²) in [5.41, 5.74) is 0.478. The van der Waals surface area contributed by atoms with Crippen LogP contribution in [-0.4, -0.2) is 14.9 Å². The lowest BCUT2D eigenvalue weighted by Gasteiger charge is -2.09. The zero-order valence-corrected chi connectivity index (χ0v) is 13.1. The first-order valence-corrected chi connectivity index (χ1v) is 6.84. The van der Waals surface area contributed by atoms with Gasteiger partial charge in [-0.15, -0.1) is 0 Å². The molecule has 2 rings (SSSR count). The van der Waals surface area contributed by atoms with E-state index in [1.54, 1.807) is 18.2 Å². The summed E-state index contributed by atoms with van der Waals surface area (Å²) in [4.78, 5) is 18.2. The van der Waals surface area contributed by atoms with Crippen LogP contribution in [0.25, 0.3) is 0 Å². The summed E-state index contributed by atoms with van der Waals surface area (Å²) < 4.78 is 0.684. The molecule has 0 bridgehead atoms. The van der Waals surface area contributed by atoms with Gasteiger partial charge in [0.25, 0.3) is 0 Å². The topological polar surface area (TPSA) is 81.0 Å². The molecule has 20 heavy (non-hydrogen) atoms. The zero-order chi connectivity index (χ0) is 14.9. The van der Waals surface area contributed by atoms with E-state index in [-0.39, 0.29) is 22.5 Å². The molecule has 9 heteroatoms. The maximum Gasteiger partial charge on any atom is 0.332 e. The zero-order valence-electron chi connectivity index (χ0n) is 10.0. The molecule has 1 aromatic heterocycles. The Labute approximate surface area is 132 Å². The van der Waals surface area contributed by atoms with Gasteiger partial charge >= 0.3 is 5.69 Å². The van der Waals surface area contributed by atoms with E-state index >= 15 is 0 Å². The lowest BCUT2D eigenvalue weighted by atomic mass is 10.3. The number of nitrogens with zero attached hydrogens (tertiary/aromatic N) is 3. The second kappa shape index (κ2) is 5.90. The van der Waals surface area contributed by atoms with Gasteiger partial charge in [-0.2, -0.15) is 4.98 Å². The average Bonchev–Trinajstić information content (AvgIpc) is 2.32. The molecule has 0 aliphatic heterocycles. The highest BCUT2D eigenvalue weighted by Gasteiger charge is 2.22. The Balaban J connectivity index is 2.53. The number of hydrogen-bond acceptors (Lipinski definition) is 5. The van der Waals surface area contributed by atoms with Crippen LogP contribution in [0.2, 0.25) is 10.3 Å². The first-order chi connectivity index (χ1) is 9.38. The van der Waals surface area contributed by atoms with E-state index in [4.69, 9.17) is 23.2 Å². The summed E-state index contributed by atoms with van der Waals surface area (Å²) in [7, 11) is 0. The summed E-state index contributed by atoms with van der Waals surface area (Å²) in [5, 5.41) is 14.3. The largest absolute Gasteiger partial charge is 0.333 e. The molecule has 0 amide bonds. The van der Waals surface area contributed by atoms with Crippen molar-refractivity contribution in [3.63, 3.8) is 0 Å². The Morgan fingerprint density at radius 1 is 1.35 bits per heavy atom. The van der Waals surface area contributed by atoms with Gasteiger partial charge in [0.1, 0.15) is 5.69 Å². The van der Waals surface area contributed by atoms with Gasteiger partial charge in [0, 0.05) is 9.50 Å². The first kappa shape index (κ1) is 15.0. The van der Waals surface area contributed by atoms with Gasteiger partial charge in [0.05, 0.1) is 10.6 Å². The van der Waals surface area contributed by atoms with Crippen molar-refractivity contribution in [1.29, 1.82) is 0 Å². The molecule has 2 aromatic rings. The standard InChI is InChI=1S/C11H7BrCl2N4O2/c1-5-9(18(19)20)10(17-11(14)15-5)16-8-4-6(13)2-3-7(8)12/h2-4H,1H3,(H,15,16,17). The first-order valence-electron chi connectivity index (χ1n) is 5.29. The van der Waals surface area contributed by atoms with Gasteiger partial charge in [-0.3, -0.25) is 10.1 Å². The van der Waals surface area contributed by atoms with E-state index < -0.39 is 4.92 Å². The van der Waals surface area contributed by atoms with Crippen LogP contribution in [0.5, 0.6) is 0 Å². The molecule has 1 heterocycles. The van der Waals surface area contributed by atoms with Crippen LogP contribution in [0.1, 0.15) is 5.69 Å². The summed E-state index contributed by atoms with van der Waals surface area (Å²) in [6.45, 7) is 1.49. The third-order valence-electron chi connectivity index (χ3n) is 2.40. The molecular weight excluding hydrogens is 371 g/mol. The van der Waals surface area contributed by atoms with Crippen LogP contribution in [0.4, 0.5) is 17.2 Å². The fraction of sp³-hybridized carbons (Fsp3) is 0.0909. The van der Waals surface area contributed by atoms with Gasteiger partial charge in [-0.25, -0.2) is 4.98 Å². The molecule has 1 aromatic carbocycles. The van der Waals surface area contributed by atoms with Gasteiger partial charge in [0.15, 0.2) is 0 Å². The Kier molecular flexibility index (Phi) is 4.42. The SMILES string of the molecule is Cc1nc(Cl)nc(Nc2cc(Cl)ccc2Br)c1[N+](=O)[O-]. The monoisotopic (exact) mass is 376 g/mol.